The first-order chi connectivity index (χ1) is 7.90. The van der Waals surface area contributed by atoms with Crippen molar-refractivity contribution in [3.05, 3.63) is 0 Å². The zero-order valence-corrected chi connectivity index (χ0v) is 15.0. The average Bonchev–Trinajstić information content (AvgIpc) is 2.14. The van der Waals surface area contributed by atoms with Crippen LogP contribution in [0.4, 0.5) is 0 Å². The second-order valence-corrected chi connectivity index (χ2v) is 13.8. The van der Waals surface area contributed by atoms with Crippen LogP contribution >= 0.6 is 0 Å². The van der Waals surface area contributed by atoms with E-state index in [9.17, 15) is 4.21 Å². The second kappa shape index (κ2) is 6.36. The van der Waals surface area contributed by atoms with Crippen LogP contribution in [0.25, 0.3) is 0 Å². The summed E-state index contributed by atoms with van der Waals surface area (Å²) in [5.41, 5.74) is 3.21. The van der Waals surface area contributed by atoms with Gasteiger partial charge in [0.1, 0.15) is 8.07 Å². The third kappa shape index (κ3) is 7.35. The maximum absolute atomic E-state index is 12.2. The van der Waals surface area contributed by atoms with Crippen molar-refractivity contribution in [3.8, 4) is 11.5 Å². The van der Waals surface area contributed by atoms with Crippen LogP contribution in [-0.2, 0) is 11.0 Å². The van der Waals surface area contributed by atoms with Gasteiger partial charge >= 0.3 is 0 Å². The Hall–Kier alpha value is -0.113. The van der Waals surface area contributed by atoms with Crippen molar-refractivity contribution < 1.29 is 4.21 Å². The minimum Gasteiger partial charge on any atom is -0.242 e. The van der Waals surface area contributed by atoms with E-state index in [1.807, 2.05) is 20.8 Å². The fraction of sp³-hybridized carbons (Fsp3) is 0.857. The summed E-state index contributed by atoms with van der Waals surface area (Å²) in [5, 5.41) is 0. The summed E-state index contributed by atoms with van der Waals surface area (Å²) in [5.74, 6) is 3.29. The SMILES string of the molecule is CC[C@](C)(CC#C[Si](C)(C)C)NS(=O)C(C)(C)C. The Morgan fingerprint density at radius 2 is 1.67 bits per heavy atom. The molecule has 0 aromatic carbocycles. The number of nitrogens with one attached hydrogen (secondary N) is 1. The lowest BCUT2D eigenvalue weighted by Gasteiger charge is -2.31. The van der Waals surface area contributed by atoms with E-state index in [2.05, 4.69) is 49.7 Å². The third-order valence-corrected chi connectivity index (χ3v) is 5.33. The van der Waals surface area contributed by atoms with Gasteiger partial charge in [-0.05, 0) is 34.1 Å². The van der Waals surface area contributed by atoms with Crippen molar-refractivity contribution in [2.24, 2.45) is 0 Å². The Bertz CT molecular complexity index is 357. The van der Waals surface area contributed by atoms with Gasteiger partial charge in [0.05, 0.1) is 15.7 Å². The van der Waals surface area contributed by atoms with E-state index < -0.39 is 19.1 Å². The van der Waals surface area contributed by atoms with Crippen molar-refractivity contribution in [1.82, 2.24) is 4.72 Å². The predicted molar refractivity (Wildman–Crippen MR) is 85.5 cm³/mol. The molecule has 1 unspecified atom stereocenters. The molecule has 0 aliphatic carbocycles. The van der Waals surface area contributed by atoms with Gasteiger partial charge in [0.25, 0.3) is 0 Å². The standard InChI is InChI=1S/C14H29NOSSi/c1-9-14(5,11-10-12-18(6,7)8)15-17(16)13(2,3)4/h15H,9,11H2,1-8H3/t14-,17?/m1/s1. The van der Waals surface area contributed by atoms with Crippen molar-refractivity contribution in [2.45, 2.75) is 77.4 Å². The van der Waals surface area contributed by atoms with Crippen molar-refractivity contribution in [3.63, 3.8) is 0 Å². The summed E-state index contributed by atoms with van der Waals surface area (Å²) in [7, 11) is -2.35. The molecule has 18 heavy (non-hydrogen) atoms. The van der Waals surface area contributed by atoms with Gasteiger partial charge in [-0.2, -0.15) is 0 Å². The second-order valence-electron chi connectivity index (χ2n) is 7.13. The molecule has 106 valence electrons. The van der Waals surface area contributed by atoms with Crippen LogP contribution in [0.2, 0.25) is 19.6 Å². The summed E-state index contributed by atoms with van der Waals surface area (Å²) in [4.78, 5) is 0. The lowest BCUT2D eigenvalue weighted by Crippen LogP contribution is -2.47. The highest BCUT2D eigenvalue weighted by Gasteiger charge is 2.28. The number of hydrogen-bond donors (Lipinski definition) is 1. The molecule has 0 aliphatic heterocycles. The van der Waals surface area contributed by atoms with Gasteiger partial charge in [-0.15, -0.1) is 11.5 Å². The zero-order valence-electron chi connectivity index (χ0n) is 13.2. The molecule has 0 saturated heterocycles. The summed E-state index contributed by atoms with van der Waals surface area (Å²) >= 11 is 0. The van der Waals surface area contributed by atoms with Gasteiger partial charge in [0, 0.05) is 12.0 Å². The van der Waals surface area contributed by atoms with Crippen molar-refractivity contribution in [2.75, 3.05) is 0 Å². The summed E-state index contributed by atoms with van der Waals surface area (Å²) in [6.07, 6.45) is 1.69. The first-order valence-corrected chi connectivity index (χ1v) is 11.2. The predicted octanol–water partition coefficient (Wildman–Crippen LogP) is 3.48. The Morgan fingerprint density at radius 3 is 2.00 bits per heavy atom. The van der Waals surface area contributed by atoms with Crippen LogP contribution < -0.4 is 4.72 Å². The number of rotatable bonds is 4. The molecule has 0 saturated carbocycles. The quantitative estimate of drug-likeness (QED) is 0.622. The molecular formula is C14H29NOSSi. The normalized spacial score (nSPS) is 17.6. The van der Waals surface area contributed by atoms with Gasteiger partial charge in [0.15, 0.2) is 0 Å². The van der Waals surface area contributed by atoms with Gasteiger partial charge in [-0.1, -0.05) is 26.6 Å². The monoisotopic (exact) mass is 287 g/mol. The minimum absolute atomic E-state index is 0.162. The zero-order chi connectivity index (χ0) is 14.6. The maximum atomic E-state index is 12.2. The van der Waals surface area contributed by atoms with E-state index >= 15 is 0 Å². The van der Waals surface area contributed by atoms with E-state index in [-0.39, 0.29) is 10.3 Å². The van der Waals surface area contributed by atoms with Gasteiger partial charge < -0.3 is 0 Å². The van der Waals surface area contributed by atoms with Crippen LogP contribution in [0, 0.1) is 11.5 Å². The van der Waals surface area contributed by atoms with Crippen LogP contribution in [0.15, 0.2) is 0 Å². The molecule has 0 aromatic rings. The van der Waals surface area contributed by atoms with Gasteiger partial charge in [0.2, 0.25) is 0 Å². The Labute approximate surface area is 117 Å². The van der Waals surface area contributed by atoms with Gasteiger partial charge in [-0.25, -0.2) is 8.93 Å². The molecule has 0 amide bonds. The Balaban J connectivity index is 4.72. The van der Waals surface area contributed by atoms with Crippen LogP contribution in [0.3, 0.4) is 0 Å². The summed E-state index contributed by atoms with van der Waals surface area (Å²) < 4.78 is 15.2. The largest absolute Gasteiger partial charge is 0.242 e. The molecule has 0 aromatic heterocycles. The molecule has 2 nitrogen and oxygen atoms in total. The smallest absolute Gasteiger partial charge is 0.129 e. The van der Waals surface area contributed by atoms with E-state index in [0.29, 0.717) is 0 Å². The maximum Gasteiger partial charge on any atom is 0.129 e. The van der Waals surface area contributed by atoms with Crippen LogP contribution in [0.5, 0.6) is 0 Å². The number of hydrogen-bond acceptors (Lipinski definition) is 1. The highest BCUT2D eigenvalue weighted by atomic mass is 32.2. The highest BCUT2D eigenvalue weighted by molar-refractivity contribution is 7.84. The van der Waals surface area contributed by atoms with E-state index in [1.54, 1.807) is 0 Å². The molecule has 0 bridgehead atoms. The molecule has 0 spiro atoms. The molecule has 2 atom stereocenters. The van der Waals surface area contributed by atoms with E-state index in [1.165, 1.54) is 0 Å². The Morgan fingerprint density at radius 1 is 1.17 bits per heavy atom. The van der Waals surface area contributed by atoms with E-state index in [4.69, 9.17) is 0 Å². The minimum atomic E-state index is -1.31. The molecule has 4 heteroatoms. The Kier molecular flexibility index (Phi) is 6.32. The fourth-order valence-electron chi connectivity index (χ4n) is 1.11. The highest BCUT2D eigenvalue weighted by Crippen LogP contribution is 2.19. The van der Waals surface area contributed by atoms with Crippen molar-refractivity contribution in [1.29, 1.82) is 0 Å². The lowest BCUT2D eigenvalue weighted by atomic mass is 9.97. The molecular weight excluding hydrogens is 258 g/mol. The van der Waals surface area contributed by atoms with Crippen molar-refractivity contribution >= 4 is 19.1 Å². The fourth-order valence-corrected chi connectivity index (χ4v) is 2.70. The van der Waals surface area contributed by atoms with Gasteiger partial charge in [-0.3, -0.25) is 0 Å². The first-order valence-electron chi connectivity index (χ1n) is 6.59. The summed E-state index contributed by atoms with van der Waals surface area (Å²) in [6.45, 7) is 16.9. The molecule has 0 heterocycles. The molecule has 0 aliphatic rings. The molecule has 0 radical (unpaired) electrons. The molecule has 1 N–H and O–H groups in total. The topological polar surface area (TPSA) is 29.1 Å². The lowest BCUT2D eigenvalue weighted by molar-refractivity contribution is 0.418. The first kappa shape index (κ1) is 17.9. The molecule has 0 fully saturated rings. The molecule has 0 rings (SSSR count). The average molecular weight is 288 g/mol. The van der Waals surface area contributed by atoms with Crippen LogP contribution in [-0.4, -0.2) is 22.6 Å². The third-order valence-electron chi connectivity index (χ3n) is 2.62. The van der Waals surface area contributed by atoms with Crippen LogP contribution in [0.1, 0.15) is 47.5 Å². The van der Waals surface area contributed by atoms with E-state index in [0.717, 1.165) is 12.8 Å². The summed E-state index contributed by atoms with van der Waals surface area (Å²) in [6, 6.07) is 0.